The molecule has 1 aromatic carbocycles. The smallest absolute Gasteiger partial charge is 0.321 e. The van der Waals surface area contributed by atoms with Crippen LogP contribution in [0.4, 0.5) is 14.9 Å². The number of nitrogens with zero attached hydrogens (tertiary/aromatic N) is 2. The molecule has 1 N–H and O–H groups in total. The van der Waals surface area contributed by atoms with E-state index in [0.29, 0.717) is 26.2 Å². The summed E-state index contributed by atoms with van der Waals surface area (Å²) in [6.45, 7) is 2.07. The molecule has 0 aromatic heterocycles. The SMILES string of the molecule is O=C(Nc1ccccc1F)N1CCC[C@H](C(=O)N2CCCCO2)C1. The van der Waals surface area contributed by atoms with Gasteiger partial charge in [-0.15, -0.1) is 0 Å². The number of hydroxylamine groups is 2. The third kappa shape index (κ3) is 3.84. The van der Waals surface area contributed by atoms with Crippen molar-refractivity contribution in [3.63, 3.8) is 0 Å². The average Bonchev–Trinajstić information content (AvgIpc) is 2.64. The number of benzene rings is 1. The lowest BCUT2D eigenvalue weighted by Crippen LogP contribution is -2.48. The summed E-state index contributed by atoms with van der Waals surface area (Å²) in [6.07, 6.45) is 3.39. The second-order valence-electron chi connectivity index (χ2n) is 6.18. The van der Waals surface area contributed by atoms with Gasteiger partial charge in [0.1, 0.15) is 5.82 Å². The number of hydrogen-bond donors (Lipinski definition) is 1. The number of halogens is 1. The molecule has 2 heterocycles. The molecule has 3 amide bonds. The summed E-state index contributed by atoms with van der Waals surface area (Å²) in [7, 11) is 0. The zero-order valence-corrected chi connectivity index (χ0v) is 13.5. The number of carbonyl (C=O) groups excluding carboxylic acids is 2. The number of rotatable bonds is 2. The molecule has 0 aliphatic carbocycles. The van der Waals surface area contributed by atoms with E-state index in [-0.39, 0.29) is 23.5 Å². The summed E-state index contributed by atoms with van der Waals surface area (Å²) in [4.78, 5) is 31.9. The number of amides is 3. The van der Waals surface area contributed by atoms with Crippen LogP contribution in [0.1, 0.15) is 25.7 Å². The zero-order chi connectivity index (χ0) is 16.9. The van der Waals surface area contributed by atoms with E-state index in [2.05, 4.69) is 5.32 Å². The molecule has 2 aliphatic heterocycles. The van der Waals surface area contributed by atoms with Crippen LogP contribution in [0, 0.1) is 11.7 Å². The molecule has 2 fully saturated rings. The van der Waals surface area contributed by atoms with Gasteiger partial charge < -0.3 is 10.2 Å². The van der Waals surface area contributed by atoms with Crippen molar-refractivity contribution in [3.05, 3.63) is 30.1 Å². The highest BCUT2D eigenvalue weighted by Crippen LogP contribution is 2.22. The molecule has 1 atom stereocenters. The lowest BCUT2D eigenvalue weighted by Gasteiger charge is -2.35. The molecule has 0 radical (unpaired) electrons. The van der Waals surface area contributed by atoms with Gasteiger partial charge in [-0.2, -0.15) is 0 Å². The largest absolute Gasteiger partial charge is 0.324 e. The molecule has 24 heavy (non-hydrogen) atoms. The highest BCUT2D eigenvalue weighted by atomic mass is 19.1. The monoisotopic (exact) mass is 335 g/mol. The molecule has 0 unspecified atom stereocenters. The van der Waals surface area contributed by atoms with Crippen LogP contribution in [0.15, 0.2) is 24.3 Å². The Morgan fingerprint density at radius 1 is 1.17 bits per heavy atom. The fourth-order valence-corrected chi connectivity index (χ4v) is 3.09. The molecule has 7 heteroatoms. The fraction of sp³-hybridized carbons (Fsp3) is 0.529. The molecule has 0 saturated carbocycles. The Hall–Kier alpha value is -2.15. The van der Waals surface area contributed by atoms with Crippen LogP contribution < -0.4 is 5.32 Å². The first kappa shape index (κ1) is 16.7. The molecule has 2 aliphatic rings. The highest BCUT2D eigenvalue weighted by Gasteiger charge is 2.32. The Bertz CT molecular complexity index is 604. The summed E-state index contributed by atoms with van der Waals surface area (Å²) < 4.78 is 13.7. The van der Waals surface area contributed by atoms with Crippen molar-refractivity contribution in [3.8, 4) is 0 Å². The molecule has 3 rings (SSSR count). The predicted molar refractivity (Wildman–Crippen MR) is 86.6 cm³/mol. The number of anilines is 1. The Morgan fingerprint density at radius 3 is 2.75 bits per heavy atom. The topological polar surface area (TPSA) is 61.9 Å². The second kappa shape index (κ2) is 7.61. The van der Waals surface area contributed by atoms with Crippen LogP contribution in [0.3, 0.4) is 0 Å². The van der Waals surface area contributed by atoms with Crippen molar-refractivity contribution in [2.24, 2.45) is 5.92 Å². The van der Waals surface area contributed by atoms with Gasteiger partial charge in [-0.1, -0.05) is 12.1 Å². The standard InChI is InChI=1S/C17H22FN3O3/c18-14-7-1-2-8-15(14)19-17(23)20-9-5-6-13(12-20)16(22)21-10-3-4-11-24-21/h1-2,7-8,13H,3-6,9-12H2,(H,19,23)/t13-/m0/s1. The molecular formula is C17H22FN3O3. The van der Waals surface area contributed by atoms with E-state index in [1.807, 2.05) is 0 Å². The number of hydrogen-bond acceptors (Lipinski definition) is 3. The lowest BCUT2D eigenvalue weighted by molar-refractivity contribution is -0.202. The minimum absolute atomic E-state index is 0.0573. The third-order valence-electron chi connectivity index (χ3n) is 4.42. The van der Waals surface area contributed by atoms with Crippen molar-refractivity contribution in [1.29, 1.82) is 0 Å². The number of nitrogens with one attached hydrogen (secondary N) is 1. The number of urea groups is 1. The number of para-hydroxylation sites is 1. The van der Waals surface area contributed by atoms with Crippen LogP contribution in [0.5, 0.6) is 0 Å². The molecule has 0 spiro atoms. The van der Waals surface area contributed by atoms with Gasteiger partial charge in [-0.3, -0.25) is 9.63 Å². The molecule has 6 nitrogen and oxygen atoms in total. The Kier molecular flexibility index (Phi) is 5.30. The number of carbonyl (C=O) groups is 2. The van der Waals surface area contributed by atoms with Crippen LogP contribution in [0.2, 0.25) is 0 Å². The Morgan fingerprint density at radius 2 is 2.00 bits per heavy atom. The van der Waals surface area contributed by atoms with Gasteiger partial charge in [0.2, 0.25) is 0 Å². The Labute approximate surface area is 140 Å². The van der Waals surface area contributed by atoms with Crippen molar-refractivity contribution in [2.45, 2.75) is 25.7 Å². The minimum Gasteiger partial charge on any atom is -0.324 e. The first-order valence-electron chi connectivity index (χ1n) is 8.40. The van der Waals surface area contributed by atoms with Crippen molar-refractivity contribution in [2.75, 3.05) is 31.6 Å². The van der Waals surface area contributed by atoms with E-state index in [9.17, 15) is 14.0 Å². The molecule has 130 valence electrons. The number of likely N-dealkylation sites (tertiary alicyclic amines) is 1. The maximum Gasteiger partial charge on any atom is 0.321 e. The van der Waals surface area contributed by atoms with Gasteiger partial charge in [-0.05, 0) is 37.8 Å². The van der Waals surface area contributed by atoms with Gasteiger partial charge in [0, 0.05) is 19.6 Å². The van der Waals surface area contributed by atoms with Crippen molar-refractivity contribution < 1.29 is 18.8 Å². The van der Waals surface area contributed by atoms with Crippen LogP contribution in [0.25, 0.3) is 0 Å². The Balaban J connectivity index is 1.59. The fourth-order valence-electron chi connectivity index (χ4n) is 3.09. The quantitative estimate of drug-likeness (QED) is 0.904. The van der Waals surface area contributed by atoms with E-state index in [1.54, 1.807) is 17.0 Å². The van der Waals surface area contributed by atoms with E-state index < -0.39 is 5.82 Å². The van der Waals surface area contributed by atoms with Gasteiger partial charge in [-0.25, -0.2) is 14.2 Å². The third-order valence-corrected chi connectivity index (χ3v) is 4.42. The summed E-state index contributed by atoms with van der Waals surface area (Å²) >= 11 is 0. The van der Waals surface area contributed by atoms with E-state index in [1.165, 1.54) is 17.2 Å². The van der Waals surface area contributed by atoms with Gasteiger partial charge >= 0.3 is 6.03 Å². The summed E-state index contributed by atoms with van der Waals surface area (Å²) in [5.74, 6) is -0.793. The summed E-state index contributed by atoms with van der Waals surface area (Å²) in [5, 5.41) is 4.01. The lowest BCUT2D eigenvalue weighted by atomic mass is 9.97. The van der Waals surface area contributed by atoms with Gasteiger partial charge in [0.25, 0.3) is 5.91 Å². The highest BCUT2D eigenvalue weighted by molar-refractivity contribution is 5.90. The molecule has 0 bridgehead atoms. The average molecular weight is 335 g/mol. The maximum absolute atomic E-state index is 13.7. The predicted octanol–water partition coefficient (Wildman–Crippen LogP) is 2.62. The van der Waals surface area contributed by atoms with Crippen LogP contribution >= 0.6 is 0 Å². The normalized spacial score (nSPS) is 21.5. The van der Waals surface area contributed by atoms with E-state index in [4.69, 9.17) is 4.84 Å². The second-order valence-corrected chi connectivity index (χ2v) is 6.18. The molecular weight excluding hydrogens is 313 g/mol. The van der Waals surface area contributed by atoms with Crippen LogP contribution in [-0.4, -0.2) is 48.1 Å². The summed E-state index contributed by atoms with van der Waals surface area (Å²) in [5.41, 5.74) is 0.148. The molecule has 2 saturated heterocycles. The maximum atomic E-state index is 13.7. The molecule has 1 aromatic rings. The van der Waals surface area contributed by atoms with Crippen LogP contribution in [-0.2, 0) is 9.63 Å². The van der Waals surface area contributed by atoms with Crippen molar-refractivity contribution >= 4 is 17.6 Å². The van der Waals surface area contributed by atoms with Gasteiger partial charge in [0.05, 0.1) is 18.2 Å². The van der Waals surface area contributed by atoms with Crippen molar-refractivity contribution in [1.82, 2.24) is 9.96 Å². The van der Waals surface area contributed by atoms with Gasteiger partial charge in [0.15, 0.2) is 0 Å². The van der Waals surface area contributed by atoms with E-state index >= 15 is 0 Å². The zero-order valence-electron chi connectivity index (χ0n) is 13.5. The van der Waals surface area contributed by atoms with E-state index in [0.717, 1.165) is 25.7 Å². The minimum atomic E-state index is -0.475. The summed E-state index contributed by atoms with van der Waals surface area (Å²) in [6, 6.07) is 5.67. The first-order chi connectivity index (χ1) is 11.6. The first-order valence-corrected chi connectivity index (χ1v) is 8.40. The number of piperidine rings is 1.